The molecule has 3 rings (SSSR count). The van der Waals surface area contributed by atoms with E-state index in [2.05, 4.69) is 10.2 Å². The van der Waals surface area contributed by atoms with Gasteiger partial charge in [-0.05, 0) is 62.9 Å². The molecule has 156 valence electrons. The summed E-state index contributed by atoms with van der Waals surface area (Å²) in [5.41, 5.74) is 5.79. The maximum atomic E-state index is 12.8. The van der Waals surface area contributed by atoms with E-state index in [-0.39, 0.29) is 24.0 Å². The topological polar surface area (TPSA) is 67.6 Å². The number of nitrogens with two attached hydrogens (primary N) is 1. The van der Waals surface area contributed by atoms with E-state index >= 15 is 0 Å². The van der Waals surface area contributed by atoms with Gasteiger partial charge in [-0.2, -0.15) is 13.2 Å². The van der Waals surface area contributed by atoms with E-state index in [0.717, 1.165) is 43.5 Å². The quantitative estimate of drug-likeness (QED) is 0.799. The van der Waals surface area contributed by atoms with Crippen molar-refractivity contribution in [3.63, 3.8) is 0 Å². The normalized spacial score (nSPS) is 29.0. The van der Waals surface area contributed by atoms with Crippen molar-refractivity contribution in [1.29, 1.82) is 0 Å². The molecule has 2 heterocycles. The molecule has 1 aromatic carbocycles. The molecule has 2 fully saturated rings. The van der Waals surface area contributed by atoms with Crippen molar-refractivity contribution >= 4 is 5.91 Å². The van der Waals surface area contributed by atoms with Crippen molar-refractivity contribution in [2.24, 2.45) is 11.7 Å². The molecular weight excluding hydrogens is 371 g/mol. The Balaban J connectivity index is 1.65. The first kappa shape index (κ1) is 21.1. The van der Waals surface area contributed by atoms with Gasteiger partial charge in [-0.3, -0.25) is 9.69 Å². The highest BCUT2D eigenvalue weighted by molar-refractivity contribution is 5.81. The lowest BCUT2D eigenvalue weighted by atomic mass is 9.84. The Morgan fingerprint density at radius 3 is 2.57 bits per heavy atom. The Hall–Kier alpha value is -1.64. The van der Waals surface area contributed by atoms with Crippen LogP contribution >= 0.6 is 0 Å². The van der Waals surface area contributed by atoms with Crippen molar-refractivity contribution in [2.45, 2.75) is 50.1 Å². The van der Waals surface area contributed by atoms with Gasteiger partial charge in [0.25, 0.3) is 0 Å². The maximum Gasteiger partial charge on any atom is 0.416 e. The predicted octanol–water partition coefficient (Wildman–Crippen LogP) is 2.71. The van der Waals surface area contributed by atoms with Gasteiger partial charge in [0.1, 0.15) is 6.10 Å². The first-order valence-corrected chi connectivity index (χ1v) is 9.80. The Bertz CT molecular complexity index is 666. The standard InChI is InChI=1S/C20H28F3N3O2/c1-26-10-2-3-14(12-25-19(27)17-9-8-16(11-24)28-17)18(26)13-4-6-15(7-5-13)20(21,22)23/h4-7,14,16-18H,2-3,8-12,24H2,1H3,(H,25,27)/t14?,16-,17+,18?/m1/s1. The van der Waals surface area contributed by atoms with Crippen LogP contribution in [0.25, 0.3) is 0 Å². The molecule has 2 aliphatic rings. The predicted molar refractivity (Wildman–Crippen MR) is 99.5 cm³/mol. The number of nitrogens with one attached hydrogen (secondary N) is 1. The summed E-state index contributed by atoms with van der Waals surface area (Å²) in [6.45, 7) is 1.76. The molecule has 0 aromatic heterocycles. The molecule has 3 N–H and O–H groups in total. The van der Waals surface area contributed by atoms with Crippen molar-refractivity contribution in [1.82, 2.24) is 10.2 Å². The van der Waals surface area contributed by atoms with Crippen LogP contribution in [0.3, 0.4) is 0 Å². The zero-order valence-corrected chi connectivity index (χ0v) is 16.0. The zero-order chi connectivity index (χ0) is 20.3. The number of piperidine rings is 1. The number of benzene rings is 1. The summed E-state index contributed by atoms with van der Waals surface area (Å²) in [6.07, 6.45) is -1.50. The van der Waals surface area contributed by atoms with E-state index in [0.29, 0.717) is 19.5 Å². The highest BCUT2D eigenvalue weighted by Crippen LogP contribution is 2.36. The fourth-order valence-electron chi connectivity index (χ4n) is 4.29. The summed E-state index contributed by atoms with van der Waals surface area (Å²) >= 11 is 0. The van der Waals surface area contributed by atoms with E-state index in [1.807, 2.05) is 7.05 Å². The van der Waals surface area contributed by atoms with Gasteiger partial charge in [-0.1, -0.05) is 12.1 Å². The second-order valence-electron chi connectivity index (χ2n) is 7.75. The van der Waals surface area contributed by atoms with E-state index in [9.17, 15) is 18.0 Å². The molecule has 2 saturated heterocycles. The average molecular weight is 399 g/mol. The number of carbonyl (C=O) groups excluding carboxylic acids is 1. The third kappa shape index (κ3) is 4.85. The van der Waals surface area contributed by atoms with Crippen LogP contribution in [0.5, 0.6) is 0 Å². The number of likely N-dealkylation sites (tertiary alicyclic amines) is 1. The van der Waals surface area contributed by atoms with Gasteiger partial charge in [-0.15, -0.1) is 0 Å². The Morgan fingerprint density at radius 1 is 1.25 bits per heavy atom. The molecule has 0 radical (unpaired) electrons. The first-order valence-electron chi connectivity index (χ1n) is 9.80. The molecule has 4 atom stereocenters. The molecule has 8 heteroatoms. The number of hydrogen-bond acceptors (Lipinski definition) is 4. The van der Waals surface area contributed by atoms with E-state index in [1.54, 1.807) is 12.1 Å². The van der Waals surface area contributed by atoms with Gasteiger partial charge in [0.15, 0.2) is 0 Å². The summed E-state index contributed by atoms with van der Waals surface area (Å²) in [5, 5.41) is 2.98. The van der Waals surface area contributed by atoms with Gasteiger partial charge in [0, 0.05) is 19.1 Å². The van der Waals surface area contributed by atoms with Gasteiger partial charge in [-0.25, -0.2) is 0 Å². The number of alkyl halides is 3. The second-order valence-corrected chi connectivity index (χ2v) is 7.75. The van der Waals surface area contributed by atoms with Gasteiger partial charge >= 0.3 is 6.18 Å². The minimum absolute atomic E-state index is 0.0300. The summed E-state index contributed by atoms with van der Waals surface area (Å²) in [4.78, 5) is 14.6. The van der Waals surface area contributed by atoms with E-state index in [4.69, 9.17) is 10.5 Å². The average Bonchev–Trinajstić information content (AvgIpc) is 3.15. The Morgan fingerprint density at radius 2 is 1.96 bits per heavy atom. The molecule has 2 unspecified atom stereocenters. The lowest BCUT2D eigenvalue weighted by molar-refractivity contribution is -0.137. The zero-order valence-electron chi connectivity index (χ0n) is 16.0. The van der Waals surface area contributed by atoms with Crippen molar-refractivity contribution in [3.8, 4) is 0 Å². The molecule has 28 heavy (non-hydrogen) atoms. The lowest BCUT2D eigenvalue weighted by Crippen LogP contribution is -2.44. The van der Waals surface area contributed by atoms with E-state index < -0.39 is 17.8 Å². The Kier molecular flexibility index (Phi) is 6.62. The van der Waals surface area contributed by atoms with Crippen LogP contribution in [0.1, 0.15) is 42.9 Å². The van der Waals surface area contributed by atoms with E-state index in [1.165, 1.54) is 0 Å². The maximum absolute atomic E-state index is 12.8. The fraction of sp³-hybridized carbons (Fsp3) is 0.650. The monoisotopic (exact) mass is 399 g/mol. The van der Waals surface area contributed by atoms with Gasteiger partial charge in [0.2, 0.25) is 5.91 Å². The largest absolute Gasteiger partial charge is 0.416 e. The van der Waals surface area contributed by atoms with Crippen LogP contribution in [-0.4, -0.2) is 49.7 Å². The summed E-state index contributed by atoms with van der Waals surface area (Å²) in [6, 6.07) is 5.34. The van der Waals surface area contributed by atoms with Crippen LogP contribution in [0.15, 0.2) is 24.3 Å². The Labute approximate surface area is 163 Å². The van der Waals surface area contributed by atoms with Crippen LogP contribution in [0, 0.1) is 5.92 Å². The van der Waals surface area contributed by atoms with Crippen molar-refractivity contribution in [3.05, 3.63) is 35.4 Å². The van der Waals surface area contributed by atoms with Gasteiger partial charge < -0.3 is 15.8 Å². The molecule has 0 spiro atoms. The fourth-order valence-corrected chi connectivity index (χ4v) is 4.29. The van der Waals surface area contributed by atoms with Crippen LogP contribution in [-0.2, 0) is 15.7 Å². The number of amides is 1. The third-order valence-electron chi connectivity index (χ3n) is 5.79. The number of nitrogens with zero attached hydrogens (tertiary/aromatic N) is 1. The molecule has 0 aliphatic carbocycles. The first-order chi connectivity index (χ1) is 13.3. The van der Waals surface area contributed by atoms with Gasteiger partial charge in [0.05, 0.1) is 11.7 Å². The lowest BCUT2D eigenvalue weighted by Gasteiger charge is -2.40. The van der Waals surface area contributed by atoms with Crippen LogP contribution < -0.4 is 11.1 Å². The molecule has 0 saturated carbocycles. The highest BCUT2D eigenvalue weighted by Gasteiger charge is 2.35. The summed E-state index contributed by atoms with van der Waals surface area (Å²) < 4.78 is 44.2. The van der Waals surface area contributed by atoms with Crippen LogP contribution in [0.2, 0.25) is 0 Å². The van der Waals surface area contributed by atoms with Crippen molar-refractivity contribution in [2.75, 3.05) is 26.7 Å². The minimum atomic E-state index is -4.34. The number of carbonyl (C=O) groups is 1. The molecule has 2 aliphatic heterocycles. The number of ether oxygens (including phenoxy) is 1. The third-order valence-corrected chi connectivity index (χ3v) is 5.79. The molecule has 0 bridgehead atoms. The second kappa shape index (κ2) is 8.80. The smallest absolute Gasteiger partial charge is 0.364 e. The number of rotatable bonds is 5. The minimum Gasteiger partial charge on any atom is -0.364 e. The molecule has 1 amide bonds. The molecular formula is C20H28F3N3O2. The number of hydrogen-bond donors (Lipinski definition) is 2. The summed E-state index contributed by atoms with van der Waals surface area (Å²) in [7, 11) is 1.97. The highest BCUT2D eigenvalue weighted by atomic mass is 19.4. The van der Waals surface area contributed by atoms with Crippen LogP contribution in [0.4, 0.5) is 13.2 Å². The van der Waals surface area contributed by atoms with Crippen molar-refractivity contribution < 1.29 is 22.7 Å². The SMILES string of the molecule is CN1CCCC(CNC(=O)[C@@H]2CC[C@H](CN)O2)C1c1ccc(C(F)(F)F)cc1. The molecule has 1 aromatic rings. The summed E-state index contributed by atoms with van der Waals surface area (Å²) in [5.74, 6) is 0.00138. The molecule has 5 nitrogen and oxygen atoms in total. The number of halogens is 3.